The summed E-state index contributed by atoms with van der Waals surface area (Å²) in [5, 5.41) is 2.69. The first-order valence-electron chi connectivity index (χ1n) is 6.28. The van der Waals surface area contributed by atoms with Crippen LogP contribution >= 0.6 is 11.8 Å². The Balaban J connectivity index is 1.90. The molecular formula is C12H18N2O4S. The van der Waals surface area contributed by atoms with E-state index in [1.54, 1.807) is 16.7 Å². The van der Waals surface area contributed by atoms with Gasteiger partial charge in [0, 0.05) is 18.7 Å². The van der Waals surface area contributed by atoms with Crippen molar-refractivity contribution in [1.29, 1.82) is 0 Å². The number of esters is 1. The number of nitrogens with one attached hydrogen (secondary N) is 1. The third kappa shape index (κ3) is 2.70. The molecule has 2 aliphatic rings. The van der Waals surface area contributed by atoms with Gasteiger partial charge in [-0.15, -0.1) is 11.8 Å². The standard InChI is InChI=1S/C12H18N2O4S/c1-12-5-3-9(15)14(12)8(7-19-12)11(17)13-6-4-10(16)18-2/h8H,3-7H2,1-2H3,(H,13,17). The summed E-state index contributed by atoms with van der Waals surface area (Å²) in [7, 11) is 1.31. The van der Waals surface area contributed by atoms with E-state index in [9.17, 15) is 14.4 Å². The molecule has 0 aliphatic carbocycles. The Morgan fingerprint density at radius 2 is 2.32 bits per heavy atom. The zero-order valence-corrected chi connectivity index (χ0v) is 11.9. The molecule has 2 saturated heterocycles. The normalized spacial score (nSPS) is 29.3. The zero-order valence-electron chi connectivity index (χ0n) is 11.1. The summed E-state index contributed by atoms with van der Waals surface area (Å²) >= 11 is 1.65. The van der Waals surface area contributed by atoms with Crippen LogP contribution in [-0.2, 0) is 19.1 Å². The molecule has 2 atom stereocenters. The van der Waals surface area contributed by atoms with E-state index in [0.29, 0.717) is 12.2 Å². The highest BCUT2D eigenvalue weighted by Crippen LogP contribution is 2.47. The number of amides is 2. The van der Waals surface area contributed by atoms with E-state index in [0.717, 1.165) is 6.42 Å². The van der Waals surface area contributed by atoms with E-state index < -0.39 is 6.04 Å². The Morgan fingerprint density at radius 3 is 3.00 bits per heavy atom. The number of carbonyl (C=O) groups excluding carboxylic acids is 3. The second-order valence-electron chi connectivity index (χ2n) is 4.88. The SMILES string of the molecule is COC(=O)CCNC(=O)C1CSC2(C)CCC(=O)N12. The number of fused-ring (bicyclic) bond motifs is 1. The fourth-order valence-corrected chi connectivity index (χ4v) is 3.95. The molecule has 0 aromatic rings. The van der Waals surface area contributed by atoms with E-state index in [4.69, 9.17) is 0 Å². The lowest BCUT2D eigenvalue weighted by Gasteiger charge is -2.29. The lowest BCUT2D eigenvalue weighted by molar-refractivity contribution is -0.141. The second kappa shape index (κ2) is 5.40. The molecule has 2 aliphatic heterocycles. The average Bonchev–Trinajstić information content (AvgIpc) is 2.86. The maximum Gasteiger partial charge on any atom is 0.307 e. The Hall–Kier alpha value is -1.24. The van der Waals surface area contributed by atoms with Crippen LogP contribution in [0.1, 0.15) is 26.2 Å². The van der Waals surface area contributed by atoms with Crippen LogP contribution in [0.3, 0.4) is 0 Å². The van der Waals surface area contributed by atoms with Crippen LogP contribution in [-0.4, -0.2) is 53.0 Å². The number of ether oxygens (including phenoxy) is 1. The molecule has 6 nitrogen and oxygen atoms in total. The van der Waals surface area contributed by atoms with Gasteiger partial charge in [0.2, 0.25) is 11.8 Å². The van der Waals surface area contributed by atoms with E-state index in [1.165, 1.54) is 7.11 Å². The van der Waals surface area contributed by atoms with Gasteiger partial charge in [-0.05, 0) is 13.3 Å². The Bertz CT molecular complexity index is 415. The molecule has 106 valence electrons. The third-order valence-corrected chi connectivity index (χ3v) is 5.11. The Kier molecular flexibility index (Phi) is 4.03. The fourth-order valence-electron chi connectivity index (χ4n) is 2.52. The van der Waals surface area contributed by atoms with Crippen LogP contribution in [0.5, 0.6) is 0 Å². The summed E-state index contributed by atoms with van der Waals surface area (Å²) in [4.78, 5) is 36.4. The highest BCUT2D eigenvalue weighted by molar-refractivity contribution is 8.01. The molecular weight excluding hydrogens is 268 g/mol. The lowest BCUT2D eigenvalue weighted by atomic mass is 10.2. The largest absolute Gasteiger partial charge is 0.469 e. The third-order valence-electron chi connectivity index (χ3n) is 3.60. The van der Waals surface area contributed by atoms with Crippen molar-refractivity contribution < 1.29 is 19.1 Å². The first-order valence-corrected chi connectivity index (χ1v) is 7.27. The minimum absolute atomic E-state index is 0.0422. The minimum atomic E-state index is -0.414. The zero-order chi connectivity index (χ0) is 14.0. The van der Waals surface area contributed by atoms with Gasteiger partial charge in [0.15, 0.2) is 0 Å². The quantitative estimate of drug-likeness (QED) is 0.743. The van der Waals surface area contributed by atoms with E-state index in [1.807, 2.05) is 6.92 Å². The number of nitrogens with zero attached hydrogens (tertiary/aromatic N) is 1. The van der Waals surface area contributed by atoms with Crippen molar-refractivity contribution in [2.45, 2.75) is 37.1 Å². The topological polar surface area (TPSA) is 75.7 Å². The van der Waals surface area contributed by atoms with Crippen LogP contribution in [0.2, 0.25) is 0 Å². The van der Waals surface area contributed by atoms with E-state index in [-0.39, 0.29) is 35.6 Å². The summed E-state index contributed by atoms with van der Waals surface area (Å²) in [5.74, 6) is 0.117. The van der Waals surface area contributed by atoms with Crippen molar-refractivity contribution in [3.63, 3.8) is 0 Å². The van der Waals surface area contributed by atoms with Crippen LogP contribution in [0, 0.1) is 0 Å². The van der Waals surface area contributed by atoms with Crippen molar-refractivity contribution in [2.24, 2.45) is 0 Å². The number of carbonyl (C=O) groups is 3. The fraction of sp³-hybridized carbons (Fsp3) is 0.750. The summed E-state index contributed by atoms with van der Waals surface area (Å²) in [5.41, 5.74) is 0. The molecule has 2 heterocycles. The van der Waals surface area contributed by atoms with Gasteiger partial charge in [0.1, 0.15) is 6.04 Å². The Morgan fingerprint density at radius 1 is 1.58 bits per heavy atom. The van der Waals surface area contributed by atoms with Crippen molar-refractivity contribution in [2.75, 3.05) is 19.4 Å². The molecule has 0 bridgehead atoms. The predicted octanol–water partition coefficient (Wildman–Crippen LogP) is 0.120. The summed E-state index contributed by atoms with van der Waals surface area (Å²) in [6, 6.07) is -0.414. The first-order chi connectivity index (χ1) is 8.98. The van der Waals surface area contributed by atoms with Gasteiger partial charge in [-0.3, -0.25) is 14.4 Å². The van der Waals surface area contributed by atoms with Gasteiger partial charge < -0.3 is 15.0 Å². The number of hydrogen-bond acceptors (Lipinski definition) is 5. The van der Waals surface area contributed by atoms with Gasteiger partial charge >= 0.3 is 5.97 Å². The van der Waals surface area contributed by atoms with Crippen molar-refractivity contribution >= 4 is 29.5 Å². The van der Waals surface area contributed by atoms with E-state index in [2.05, 4.69) is 10.1 Å². The maximum atomic E-state index is 12.1. The second-order valence-corrected chi connectivity index (χ2v) is 6.38. The van der Waals surface area contributed by atoms with Crippen molar-refractivity contribution in [3.8, 4) is 0 Å². The highest BCUT2D eigenvalue weighted by atomic mass is 32.2. The van der Waals surface area contributed by atoms with Gasteiger partial charge in [-0.1, -0.05) is 0 Å². The molecule has 2 unspecified atom stereocenters. The molecule has 19 heavy (non-hydrogen) atoms. The molecule has 0 spiro atoms. The van der Waals surface area contributed by atoms with Gasteiger partial charge in [-0.2, -0.15) is 0 Å². The van der Waals surface area contributed by atoms with E-state index >= 15 is 0 Å². The Labute approximate surface area is 116 Å². The smallest absolute Gasteiger partial charge is 0.307 e. The van der Waals surface area contributed by atoms with Crippen LogP contribution in [0.15, 0.2) is 0 Å². The van der Waals surface area contributed by atoms with Crippen LogP contribution < -0.4 is 5.32 Å². The first kappa shape index (κ1) is 14.2. The molecule has 2 amide bonds. The van der Waals surface area contributed by atoms with Gasteiger partial charge in [-0.25, -0.2) is 0 Å². The minimum Gasteiger partial charge on any atom is -0.469 e. The number of rotatable bonds is 4. The van der Waals surface area contributed by atoms with Crippen molar-refractivity contribution in [3.05, 3.63) is 0 Å². The lowest BCUT2D eigenvalue weighted by Crippen LogP contribution is -2.50. The molecule has 0 radical (unpaired) electrons. The average molecular weight is 286 g/mol. The summed E-state index contributed by atoms with van der Waals surface area (Å²) in [6.07, 6.45) is 1.45. The molecule has 1 N–H and O–H groups in total. The van der Waals surface area contributed by atoms with Gasteiger partial charge in [0.05, 0.1) is 18.4 Å². The molecule has 0 saturated carbocycles. The predicted molar refractivity (Wildman–Crippen MR) is 70.4 cm³/mol. The number of thioether (sulfide) groups is 1. The number of methoxy groups -OCH3 is 1. The van der Waals surface area contributed by atoms with Crippen molar-refractivity contribution in [1.82, 2.24) is 10.2 Å². The molecule has 2 rings (SSSR count). The molecule has 7 heteroatoms. The monoisotopic (exact) mass is 286 g/mol. The number of hydrogen-bond donors (Lipinski definition) is 1. The highest BCUT2D eigenvalue weighted by Gasteiger charge is 2.52. The molecule has 0 aromatic carbocycles. The summed E-state index contributed by atoms with van der Waals surface area (Å²) < 4.78 is 4.50. The van der Waals surface area contributed by atoms with Gasteiger partial charge in [0.25, 0.3) is 0 Å². The molecule has 2 fully saturated rings. The summed E-state index contributed by atoms with van der Waals surface area (Å²) in [6.45, 7) is 2.25. The molecule has 0 aromatic heterocycles. The maximum absolute atomic E-state index is 12.1. The van der Waals surface area contributed by atoms with Crippen LogP contribution in [0.4, 0.5) is 0 Å². The van der Waals surface area contributed by atoms with Crippen LogP contribution in [0.25, 0.3) is 0 Å².